The lowest BCUT2D eigenvalue weighted by Gasteiger charge is -2.36. The van der Waals surface area contributed by atoms with Crippen LogP contribution in [0.2, 0.25) is 0 Å². The maximum atomic E-state index is 8.53. The normalized spacial score (nSPS) is 17.8. The third-order valence-corrected chi connectivity index (χ3v) is 4.84. The zero-order valence-corrected chi connectivity index (χ0v) is 15.0. The maximum Gasteiger partial charge on any atom is 0.0751 e. The van der Waals surface area contributed by atoms with E-state index in [1.807, 2.05) is 6.08 Å². The van der Waals surface area contributed by atoms with Crippen molar-refractivity contribution in [1.82, 2.24) is 9.80 Å². The van der Waals surface area contributed by atoms with Crippen LogP contribution in [0.15, 0.2) is 12.3 Å². The Labute approximate surface area is 138 Å². The molecule has 3 heteroatoms. The van der Waals surface area contributed by atoms with Crippen molar-refractivity contribution < 1.29 is 5.11 Å². The molecule has 1 heterocycles. The van der Waals surface area contributed by atoms with Gasteiger partial charge in [0.2, 0.25) is 0 Å². The van der Waals surface area contributed by atoms with Gasteiger partial charge in [-0.1, -0.05) is 44.6 Å². The lowest BCUT2D eigenvalue weighted by molar-refractivity contribution is 0.107. The summed E-state index contributed by atoms with van der Waals surface area (Å²) in [5, 5.41) is 8.53. The second-order valence-electron chi connectivity index (χ2n) is 6.97. The number of unbranched alkanes of at least 4 members (excludes halogenated alkanes) is 8. The Balaban J connectivity index is 1.82. The van der Waals surface area contributed by atoms with Gasteiger partial charge in [-0.15, -0.1) is 0 Å². The van der Waals surface area contributed by atoms with Gasteiger partial charge in [-0.3, -0.25) is 4.90 Å². The Morgan fingerprint density at radius 1 is 0.818 bits per heavy atom. The van der Waals surface area contributed by atoms with Gasteiger partial charge in [0, 0.05) is 32.2 Å². The van der Waals surface area contributed by atoms with Crippen molar-refractivity contribution in [3.63, 3.8) is 0 Å². The summed E-state index contributed by atoms with van der Waals surface area (Å²) >= 11 is 0. The first-order chi connectivity index (χ1) is 10.7. The van der Waals surface area contributed by atoms with Crippen LogP contribution in [-0.2, 0) is 0 Å². The Morgan fingerprint density at radius 3 is 1.91 bits per heavy atom. The van der Waals surface area contributed by atoms with Gasteiger partial charge in [0.25, 0.3) is 0 Å². The number of aliphatic hydroxyl groups is 1. The molecule has 1 aliphatic rings. The van der Waals surface area contributed by atoms with Crippen LogP contribution in [0.3, 0.4) is 0 Å². The Hall–Kier alpha value is -0.540. The standard InChI is InChI=1S/C19H38N2O/c1-19(2)21-16-14-20(15-17-21)13-11-9-7-5-3-4-6-8-10-12-18-22/h12,18-19,22H,3-11,13-17H2,1-2H3. The smallest absolute Gasteiger partial charge is 0.0751 e. The molecule has 0 aliphatic carbocycles. The molecule has 1 fully saturated rings. The molecule has 0 amide bonds. The number of nitrogens with zero attached hydrogens (tertiary/aromatic N) is 2. The zero-order valence-electron chi connectivity index (χ0n) is 15.0. The molecule has 0 aromatic heterocycles. The van der Waals surface area contributed by atoms with Gasteiger partial charge in [0.05, 0.1) is 6.26 Å². The SMILES string of the molecule is CC(C)N1CCN(CCCCCCCCCCC=CO)CC1. The summed E-state index contributed by atoms with van der Waals surface area (Å²) in [7, 11) is 0. The van der Waals surface area contributed by atoms with Gasteiger partial charge in [-0.25, -0.2) is 0 Å². The second kappa shape index (κ2) is 13.0. The molecular weight excluding hydrogens is 272 g/mol. The van der Waals surface area contributed by atoms with Gasteiger partial charge in [-0.2, -0.15) is 0 Å². The number of hydrogen-bond donors (Lipinski definition) is 1. The molecule has 1 saturated heterocycles. The number of aliphatic hydroxyl groups excluding tert-OH is 1. The molecule has 0 unspecified atom stereocenters. The minimum atomic E-state index is 0.710. The first kappa shape index (κ1) is 19.5. The predicted molar refractivity (Wildman–Crippen MR) is 96.5 cm³/mol. The highest BCUT2D eigenvalue weighted by Gasteiger charge is 2.17. The lowest BCUT2D eigenvalue weighted by Crippen LogP contribution is -2.48. The van der Waals surface area contributed by atoms with Crippen molar-refractivity contribution >= 4 is 0 Å². The third-order valence-electron chi connectivity index (χ3n) is 4.84. The number of rotatable bonds is 12. The fourth-order valence-electron chi connectivity index (χ4n) is 3.24. The van der Waals surface area contributed by atoms with Crippen LogP contribution in [0.25, 0.3) is 0 Å². The molecule has 3 nitrogen and oxygen atoms in total. The highest BCUT2D eigenvalue weighted by molar-refractivity contribution is 4.74. The Kier molecular flexibility index (Phi) is 11.5. The van der Waals surface area contributed by atoms with Gasteiger partial charge < -0.3 is 10.0 Å². The average molecular weight is 311 g/mol. The van der Waals surface area contributed by atoms with E-state index in [4.69, 9.17) is 5.11 Å². The molecule has 0 aromatic rings. The van der Waals surface area contributed by atoms with Crippen LogP contribution >= 0.6 is 0 Å². The van der Waals surface area contributed by atoms with E-state index in [-0.39, 0.29) is 0 Å². The average Bonchev–Trinajstić information content (AvgIpc) is 2.53. The monoisotopic (exact) mass is 310 g/mol. The summed E-state index contributed by atoms with van der Waals surface area (Å²) < 4.78 is 0. The van der Waals surface area contributed by atoms with Gasteiger partial charge in [-0.05, 0) is 39.7 Å². The minimum Gasteiger partial charge on any atom is -0.516 e. The Morgan fingerprint density at radius 2 is 1.36 bits per heavy atom. The fraction of sp³-hybridized carbons (Fsp3) is 0.895. The highest BCUT2D eigenvalue weighted by Crippen LogP contribution is 2.11. The number of allylic oxidation sites excluding steroid dienone is 1. The third kappa shape index (κ3) is 9.47. The van der Waals surface area contributed by atoms with Crippen molar-refractivity contribution in [2.45, 2.75) is 77.7 Å². The molecular formula is C19H38N2O. The van der Waals surface area contributed by atoms with E-state index in [0.717, 1.165) is 6.42 Å². The largest absolute Gasteiger partial charge is 0.516 e. The van der Waals surface area contributed by atoms with E-state index in [2.05, 4.69) is 23.6 Å². The summed E-state index contributed by atoms with van der Waals surface area (Å²) in [6.07, 6.45) is 14.9. The van der Waals surface area contributed by atoms with E-state index in [9.17, 15) is 0 Å². The zero-order chi connectivity index (χ0) is 16.0. The van der Waals surface area contributed by atoms with E-state index < -0.39 is 0 Å². The molecule has 1 rings (SSSR count). The first-order valence-electron chi connectivity index (χ1n) is 9.49. The highest BCUT2D eigenvalue weighted by atomic mass is 16.2. The van der Waals surface area contributed by atoms with Crippen LogP contribution in [0.4, 0.5) is 0 Å². The van der Waals surface area contributed by atoms with E-state index in [0.29, 0.717) is 6.04 Å². The second-order valence-corrected chi connectivity index (χ2v) is 6.97. The summed E-state index contributed by atoms with van der Waals surface area (Å²) in [6, 6.07) is 0.710. The molecule has 1 aliphatic heterocycles. The van der Waals surface area contributed by atoms with Crippen LogP contribution in [0.1, 0.15) is 71.6 Å². The molecule has 22 heavy (non-hydrogen) atoms. The van der Waals surface area contributed by atoms with Crippen molar-refractivity contribution in [3.05, 3.63) is 12.3 Å². The summed E-state index contributed by atoms with van der Waals surface area (Å²) in [6.45, 7) is 10.9. The molecule has 0 spiro atoms. The Bertz CT molecular complexity index is 271. The molecule has 0 bridgehead atoms. The van der Waals surface area contributed by atoms with Gasteiger partial charge in [0.1, 0.15) is 0 Å². The van der Waals surface area contributed by atoms with Crippen LogP contribution in [0, 0.1) is 0 Å². The van der Waals surface area contributed by atoms with Crippen molar-refractivity contribution in [2.75, 3.05) is 32.7 Å². The van der Waals surface area contributed by atoms with Crippen molar-refractivity contribution in [1.29, 1.82) is 0 Å². The minimum absolute atomic E-state index is 0.710. The lowest BCUT2D eigenvalue weighted by atomic mass is 10.1. The van der Waals surface area contributed by atoms with Gasteiger partial charge >= 0.3 is 0 Å². The molecule has 130 valence electrons. The molecule has 0 atom stereocenters. The van der Waals surface area contributed by atoms with Crippen LogP contribution in [-0.4, -0.2) is 53.7 Å². The van der Waals surface area contributed by atoms with E-state index in [1.54, 1.807) is 0 Å². The molecule has 0 saturated carbocycles. The summed E-state index contributed by atoms with van der Waals surface area (Å²) in [4.78, 5) is 5.24. The number of hydrogen-bond acceptors (Lipinski definition) is 3. The quantitative estimate of drug-likeness (QED) is 0.422. The van der Waals surface area contributed by atoms with Gasteiger partial charge in [0.15, 0.2) is 0 Å². The van der Waals surface area contributed by atoms with Crippen molar-refractivity contribution in [3.8, 4) is 0 Å². The van der Waals surface area contributed by atoms with Crippen molar-refractivity contribution in [2.24, 2.45) is 0 Å². The molecule has 0 aromatic carbocycles. The first-order valence-corrected chi connectivity index (χ1v) is 9.49. The summed E-state index contributed by atoms with van der Waals surface area (Å²) in [5.74, 6) is 0. The predicted octanol–water partition coefficient (Wildman–Crippen LogP) is 4.60. The number of piperazine rings is 1. The van der Waals surface area contributed by atoms with E-state index in [1.165, 1.54) is 90.4 Å². The molecule has 1 N–H and O–H groups in total. The van der Waals surface area contributed by atoms with E-state index >= 15 is 0 Å². The fourth-order valence-corrected chi connectivity index (χ4v) is 3.24. The summed E-state index contributed by atoms with van der Waals surface area (Å²) in [5.41, 5.74) is 0. The molecule has 0 radical (unpaired) electrons. The van der Waals surface area contributed by atoms with Crippen LogP contribution in [0.5, 0.6) is 0 Å². The topological polar surface area (TPSA) is 26.7 Å². The van der Waals surface area contributed by atoms with Crippen LogP contribution < -0.4 is 0 Å². The maximum absolute atomic E-state index is 8.53.